The summed E-state index contributed by atoms with van der Waals surface area (Å²) in [7, 11) is 0. The Bertz CT molecular complexity index is 487. The van der Waals surface area contributed by atoms with Gasteiger partial charge in [-0.05, 0) is 12.1 Å². The van der Waals surface area contributed by atoms with Gasteiger partial charge in [-0.25, -0.2) is 0 Å². The summed E-state index contributed by atoms with van der Waals surface area (Å²) < 4.78 is 0. The summed E-state index contributed by atoms with van der Waals surface area (Å²) in [5.74, 6) is -1.54. The molecule has 90 valence electrons. The molecule has 0 heterocycles. The van der Waals surface area contributed by atoms with Crippen molar-refractivity contribution in [2.24, 2.45) is 0 Å². The van der Waals surface area contributed by atoms with Gasteiger partial charge in [-0.3, -0.25) is 19.7 Å². The van der Waals surface area contributed by atoms with Gasteiger partial charge in [-0.15, -0.1) is 0 Å². The zero-order chi connectivity index (χ0) is 13.0. The highest BCUT2D eigenvalue weighted by molar-refractivity contribution is 6.41. The van der Waals surface area contributed by atoms with Crippen LogP contribution in [0, 0.1) is 10.1 Å². The molecule has 0 aliphatic heterocycles. The van der Waals surface area contributed by atoms with Crippen LogP contribution >= 0.6 is 11.6 Å². The second kappa shape index (κ2) is 5.40. The lowest BCUT2D eigenvalue weighted by Gasteiger charge is -2.04. The minimum atomic E-state index is -0.891. The zero-order valence-corrected chi connectivity index (χ0v) is 9.65. The normalized spacial score (nSPS) is 9.76. The van der Waals surface area contributed by atoms with Crippen molar-refractivity contribution in [3.63, 3.8) is 0 Å². The maximum absolute atomic E-state index is 11.3. The predicted octanol–water partition coefficient (Wildman–Crippen LogP) is 2.17. The number of hydrogen-bond acceptors (Lipinski definition) is 4. The SMILES string of the molecule is CCC(=O)C(=O)Nc1cc(Cl)ccc1[N+](=O)[O-]. The maximum atomic E-state index is 11.3. The van der Waals surface area contributed by atoms with Gasteiger partial charge in [0, 0.05) is 17.5 Å². The second-order valence-electron chi connectivity index (χ2n) is 3.15. The average Bonchev–Trinajstić information content (AvgIpc) is 2.27. The van der Waals surface area contributed by atoms with Gasteiger partial charge in [0.15, 0.2) is 0 Å². The first kappa shape index (κ1) is 13.1. The molecule has 0 radical (unpaired) electrons. The van der Waals surface area contributed by atoms with E-state index in [9.17, 15) is 19.7 Å². The predicted molar refractivity (Wildman–Crippen MR) is 62.0 cm³/mol. The molecule has 7 heteroatoms. The third kappa shape index (κ3) is 3.25. The fraction of sp³-hybridized carbons (Fsp3) is 0.200. The van der Waals surface area contributed by atoms with Crippen molar-refractivity contribution in [3.8, 4) is 0 Å². The fourth-order valence-electron chi connectivity index (χ4n) is 1.12. The molecule has 0 spiro atoms. The summed E-state index contributed by atoms with van der Waals surface area (Å²) in [5.41, 5.74) is -0.402. The molecule has 1 rings (SSSR count). The van der Waals surface area contributed by atoms with Gasteiger partial charge >= 0.3 is 0 Å². The highest BCUT2D eigenvalue weighted by Gasteiger charge is 2.18. The standard InChI is InChI=1S/C10H9ClN2O4/c1-2-9(14)10(15)12-7-5-6(11)3-4-8(7)13(16)17/h3-5H,2H2,1H3,(H,12,15). The summed E-state index contributed by atoms with van der Waals surface area (Å²) in [6.07, 6.45) is 0.0280. The minimum Gasteiger partial charge on any atom is -0.314 e. The van der Waals surface area contributed by atoms with E-state index in [4.69, 9.17) is 11.6 Å². The summed E-state index contributed by atoms with van der Waals surface area (Å²) >= 11 is 5.66. The van der Waals surface area contributed by atoms with Crippen LogP contribution in [0.1, 0.15) is 13.3 Å². The smallest absolute Gasteiger partial charge is 0.292 e. The molecule has 0 fully saturated rings. The lowest BCUT2D eigenvalue weighted by molar-refractivity contribution is -0.383. The van der Waals surface area contributed by atoms with Gasteiger partial charge in [0.1, 0.15) is 5.69 Å². The number of ketones is 1. The highest BCUT2D eigenvalue weighted by atomic mass is 35.5. The molecular formula is C10H9ClN2O4. The third-order valence-electron chi connectivity index (χ3n) is 1.98. The molecule has 0 saturated carbocycles. The fourth-order valence-corrected chi connectivity index (χ4v) is 1.29. The Morgan fingerprint density at radius 2 is 2.12 bits per heavy atom. The Labute approximate surface area is 102 Å². The van der Waals surface area contributed by atoms with Crippen molar-refractivity contribution in [3.05, 3.63) is 33.3 Å². The maximum Gasteiger partial charge on any atom is 0.292 e. The summed E-state index contributed by atoms with van der Waals surface area (Å²) in [6.45, 7) is 1.52. The first-order valence-electron chi connectivity index (χ1n) is 4.73. The van der Waals surface area contributed by atoms with E-state index < -0.39 is 16.6 Å². The number of nitrogens with zero attached hydrogens (tertiary/aromatic N) is 1. The summed E-state index contributed by atoms with van der Waals surface area (Å²) in [5, 5.41) is 13.1. The second-order valence-corrected chi connectivity index (χ2v) is 3.59. The van der Waals surface area contributed by atoms with Gasteiger partial charge in [-0.2, -0.15) is 0 Å². The Morgan fingerprint density at radius 3 is 2.65 bits per heavy atom. The Kier molecular flexibility index (Phi) is 4.17. The van der Waals surface area contributed by atoms with Crippen LogP contribution in [-0.4, -0.2) is 16.6 Å². The van der Waals surface area contributed by atoms with E-state index >= 15 is 0 Å². The van der Waals surface area contributed by atoms with Crippen molar-refractivity contribution in [2.75, 3.05) is 5.32 Å². The number of anilines is 1. The van der Waals surface area contributed by atoms with Gasteiger partial charge in [0.25, 0.3) is 11.6 Å². The van der Waals surface area contributed by atoms with Crippen molar-refractivity contribution in [2.45, 2.75) is 13.3 Å². The van der Waals surface area contributed by atoms with E-state index in [-0.39, 0.29) is 22.8 Å². The molecule has 0 saturated heterocycles. The van der Waals surface area contributed by atoms with Crippen molar-refractivity contribution in [1.29, 1.82) is 0 Å². The minimum absolute atomic E-state index is 0.0280. The van der Waals surface area contributed by atoms with Crippen LogP contribution in [0.4, 0.5) is 11.4 Å². The zero-order valence-electron chi connectivity index (χ0n) is 8.90. The highest BCUT2D eigenvalue weighted by Crippen LogP contribution is 2.27. The third-order valence-corrected chi connectivity index (χ3v) is 2.21. The monoisotopic (exact) mass is 256 g/mol. The molecule has 1 amide bonds. The topological polar surface area (TPSA) is 89.3 Å². The number of nitro groups is 1. The molecule has 6 nitrogen and oxygen atoms in total. The average molecular weight is 257 g/mol. The number of Topliss-reactive ketones (excluding diaryl/α,β-unsaturated/α-hetero) is 1. The number of benzene rings is 1. The Balaban J connectivity index is 3.04. The largest absolute Gasteiger partial charge is 0.314 e. The van der Waals surface area contributed by atoms with Crippen LogP contribution in [0.2, 0.25) is 5.02 Å². The van der Waals surface area contributed by atoms with Crippen LogP contribution in [0.3, 0.4) is 0 Å². The molecule has 17 heavy (non-hydrogen) atoms. The number of carbonyl (C=O) groups excluding carboxylic acids is 2. The molecule has 0 unspecified atom stereocenters. The molecule has 0 aromatic heterocycles. The van der Waals surface area contributed by atoms with E-state index in [2.05, 4.69) is 5.32 Å². The van der Waals surface area contributed by atoms with Crippen LogP contribution < -0.4 is 5.32 Å². The number of halogens is 1. The summed E-state index contributed by atoms with van der Waals surface area (Å²) in [4.78, 5) is 32.4. The lowest BCUT2D eigenvalue weighted by Crippen LogP contribution is -2.22. The van der Waals surface area contributed by atoms with Crippen molar-refractivity contribution >= 4 is 34.7 Å². The van der Waals surface area contributed by atoms with E-state index in [0.717, 1.165) is 6.07 Å². The quantitative estimate of drug-likeness (QED) is 0.508. The van der Waals surface area contributed by atoms with Gasteiger partial charge in [0.2, 0.25) is 5.78 Å². The first-order chi connectivity index (χ1) is 7.95. The van der Waals surface area contributed by atoms with E-state index in [1.165, 1.54) is 19.1 Å². The summed E-state index contributed by atoms with van der Waals surface area (Å²) in [6, 6.07) is 3.71. The number of rotatable bonds is 4. The van der Waals surface area contributed by atoms with Gasteiger partial charge < -0.3 is 5.32 Å². The van der Waals surface area contributed by atoms with E-state index in [1.807, 2.05) is 0 Å². The van der Waals surface area contributed by atoms with Gasteiger partial charge in [0.05, 0.1) is 4.92 Å². The number of carbonyl (C=O) groups is 2. The van der Waals surface area contributed by atoms with Crippen LogP contribution in [0.5, 0.6) is 0 Å². The van der Waals surface area contributed by atoms with E-state index in [0.29, 0.717) is 0 Å². The Morgan fingerprint density at radius 1 is 1.47 bits per heavy atom. The van der Waals surface area contributed by atoms with Crippen LogP contribution in [0.25, 0.3) is 0 Å². The van der Waals surface area contributed by atoms with Crippen LogP contribution in [0.15, 0.2) is 18.2 Å². The first-order valence-corrected chi connectivity index (χ1v) is 5.11. The molecule has 1 aromatic rings. The molecule has 0 aliphatic carbocycles. The van der Waals surface area contributed by atoms with Crippen molar-refractivity contribution < 1.29 is 14.5 Å². The lowest BCUT2D eigenvalue weighted by atomic mass is 10.2. The number of amides is 1. The molecule has 0 aliphatic rings. The molecular weight excluding hydrogens is 248 g/mol. The molecule has 0 bridgehead atoms. The Hall–Kier alpha value is -1.95. The molecule has 1 aromatic carbocycles. The molecule has 1 N–H and O–H groups in total. The number of nitro benzene ring substituents is 1. The number of hydrogen-bond donors (Lipinski definition) is 1. The number of nitrogens with one attached hydrogen (secondary N) is 1. The van der Waals surface area contributed by atoms with Crippen molar-refractivity contribution in [1.82, 2.24) is 0 Å². The van der Waals surface area contributed by atoms with E-state index in [1.54, 1.807) is 0 Å². The van der Waals surface area contributed by atoms with Crippen LogP contribution in [-0.2, 0) is 9.59 Å². The molecule has 0 atom stereocenters. The van der Waals surface area contributed by atoms with Gasteiger partial charge in [-0.1, -0.05) is 18.5 Å².